The first-order valence-corrected chi connectivity index (χ1v) is 8.63. The van der Waals surface area contributed by atoms with E-state index in [1.165, 1.54) is 12.3 Å². The van der Waals surface area contributed by atoms with Crippen LogP contribution in [-0.2, 0) is 13.0 Å². The van der Waals surface area contributed by atoms with Crippen LogP contribution in [0.4, 0.5) is 14.6 Å². The van der Waals surface area contributed by atoms with Crippen molar-refractivity contribution >= 4 is 5.82 Å². The third-order valence-corrected chi connectivity index (χ3v) is 4.51. The van der Waals surface area contributed by atoms with Crippen molar-refractivity contribution in [1.82, 2.24) is 15.2 Å². The number of fused-ring (bicyclic) bond motifs is 1. The van der Waals surface area contributed by atoms with Crippen LogP contribution in [0.5, 0.6) is 11.5 Å². The van der Waals surface area contributed by atoms with E-state index in [0.717, 1.165) is 29.0 Å². The third kappa shape index (κ3) is 3.47. The number of hydrogen-bond acceptors (Lipinski definition) is 6. The van der Waals surface area contributed by atoms with Gasteiger partial charge < -0.3 is 9.64 Å². The summed E-state index contributed by atoms with van der Waals surface area (Å²) in [5, 5.41) is 17.0. The summed E-state index contributed by atoms with van der Waals surface area (Å²) in [5.74, 6) is -0.426. The molecule has 1 aliphatic heterocycles. The molecule has 140 valence electrons. The molecule has 0 amide bonds. The van der Waals surface area contributed by atoms with E-state index in [4.69, 9.17) is 10.00 Å². The van der Waals surface area contributed by atoms with Crippen molar-refractivity contribution in [2.24, 2.45) is 0 Å². The molecule has 3 aromatic rings. The molecule has 0 saturated heterocycles. The fourth-order valence-electron chi connectivity index (χ4n) is 3.17. The van der Waals surface area contributed by atoms with Gasteiger partial charge in [0.1, 0.15) is 17.6 Å². The van der Waals surface area contributed by atoms with Crippen molar-refractivity contribution in [3.63, 3.8) is 0 Å². The smallest absolute Gasteiger partial charge is 0.168 e. The van der Waals surface area contributed by atoms with E-state index in [2.05, 4.69) is 20.1 Å². The number of hydrogen-bond donors (Lipinski definition) is 0. The first-order valence-electron chi connectivity index (χ1n) is 8.63. The topological polar surface area (TPSA) is 74.9 Å². The lowest BCUT2D eigenvalue weighted by Crippen LogP contribution is -2.32. The van der Waals surface area contributed by atoms with Crippen LogP contribution in [0.25, 0.3) is 0 Å². The Hall–Kier alpha value is -3.60. The van der Waals surface area contributed by atoms with Crippen molar-refractivity contribution in [2.45, 2.75) is 19.9 Å². The highest BCUT2D eigenvalue weighted by atomic mass is 19.1. The summed E-state index contributed by atoms with van der Waals surface area (Å²) in [6.07, 6.45) is 2.24. The van der Waals surface area contributed by atoms with Gasteiger partial charge in [-0.2, -0.15) is 5.26 Å². The molecule has 0 aliphatic carbocycles. The van der Waals surface area contributed by atoms with Gasteiger partial charge in [0.2, 0.25) is 0 Å². The van der Waals surface area contributed by atoms with Gasteiger partial charge in [0.15, 0.2) is 23.1 Å². The molecule has 3 heterocycles. The zero-order chi connectivity index (χ0) is 19.7. The Morgan fingerprint density at radius 1 is 1.18 bits per heavy atom. The summed E-state index contributed by atoms with van der Waals surface area (Å²) in [6, 6.07) is 8.63. The minimum Gasteiger partial charge on any atom is -0.453 e. The van der Waals surface area contributed by atoms with Crippen LogP contribution >= 0.6 is 0 Å². The lowest BCUT2D eigenvalue weighted by molar-refractivity contribution is 0.434. The second kappa shape index (κ2) is 7.19. The van der Waals surface area contributed by atoms with E-state index in [1.54, 1.807) is 12.1 Å². The van der Waals surface area contributed by atoms with E-state index in [-0.39, 0.29) is 11.4 Å². The highest BCUT2D eigenvalue weighted by molar-refractivity contribution is 5.50. The molecular formula is C20H15F2N5O. The molecule has 6 nitrogen and oxygen atoms in total. The monoisotopic (exact) mass is 379 g/mol. The van der Waals surface area contributed by atoms with Gasteiger partial charge in [-0.05, 0) is 42.3 Å². The second-order valence-electron chi connectivity index (χ2n) is 6.47. The minimum atomic E-state index is -0.775. The van der Waals surface area contributed by atoms with Gasteiger partial charge in [-0.15, -0.1) is 10.2 Å². The molecule has 8 heteroatoms. The number of pyridine rings is 1. The number of nitriles is 1. The Bertz CT molecular complexity index is 1100. The molecule has 0 radical (unpaired) electrons. The molecule has 4 rings (SSSR count). The number of rotatable bonds is 3. The number of nitrogens with zero attached hydrogens (tertiary/aromatic N) is 5. The molecule has 28 heavy (non-hydrogen) atoms. The molecule has 0 N–H and O–H groups in total. The van der Waals surface area contributed by atoms with Crippen LogP contribution < -0.4 is 9.64 Å². The molecule has 1 aliphatic rings. The first-order chi connectivity index (χ1) is 13.5. The lowest BCUT2D eigenvalue weighted by atomic mass is 10.0. The number of anilines is 1. The summed E-state index contributed by atoms with van der Waals surface area (Å²) in [6.45, 7) is 3.14. The van der Waals surface area contributed by atoms with Gasteiger partial charge in [0, 0.05) is 31.3 Å². The zero-order valence-corrected chi connectivity index (χ0v) is 15.0. The third-order valence-electron chi connectivity index (χ3n) is 4.51. The Morgan fingerprint density at radius 3 is 2.79 bits per heavy atom. The van der Waals surface area contributed by atoms with Gasteiger partial charge in [-0.1, -0.05) is 0 Å². The lowest BCUT2D eigenvalue weighted by Gasteiger charge is -2.30. The number of aromatic nitrogens is 3. The number of halogens is 2. The van der Waals surface area contributed by atoms with Crippen LogP contribution in [0.3, 0.4) is 0 Å². The van der Waals surface area contributed by atoms with Crippen molar-refractivity contribution in [3.8, 4) is 17.6 Å². The maximum atomic E-state index is 13.8. The number of benzene rings is 1. The van der Waals surface area contributed by atoms with Gasteiger partial charge in [-0.25, -0.2) is 8.78 Å². The highest BCUT2D eigenvalue weighted by Gasteiger charge is 2.21. The Balaban J connectivity index is 1.58. The standard InChI is InChI=1S/C20H15F2N5O/c1-12-6-15(9-23)25-26-20(12)27-5-4-18-13(11-27)7-16(10-24-18)28-19-3-2-14(21)8-17(19)22/h2-3,6-8,10H,4-5,11H2,1H3. The maximum Gasteiger partial charge on any atom is 0.168 e. The van der Waals surface area contributed by atoms with E-state index < -0.39 is 11.6 Å². The SMILES string of the molecule is Cc1cc(C#N)nnc1N1CCc2ncc(Oc3ccc(F)cc3F)cc2C1. The molecule has 0 atom stereocenters. The molecule has 2 aromatic heterocycles. The average Bonchev–Trinajstić information content (AvgIpc) is 2.69. The highest BCUT2D eigenvalue weighted by Crippen LogP contribution is 2.29. The van der Waals surface area contributed by atoms with E-state index in [1.807, 2.05) is 13.0 Å². The summed E-state index contributed by atoms with van der Waals surface area (Å²) >= 11 is 0. The normalized spacial score (nSPS) is 13.0. The van der Waals surface area contributed by atoms with E-state index in [9.17, 15) is 8.78 Å². The van der Waals surface area contributed by atoms with Crippen molar-refractivity contribution < 1.29 is 13.5 Å². The Morgan fingerprint density at radius 2 is 2.04 bits per heavy atom. The minimum absolute atomic E-state index is 0.0652. The predicted molar refractivity (Wildman–Crippen MR) is 96.9 cm³/mol. The van der Waals surface area contributed by atoms with E-state index in [0.29, 0.717) is 31.1 Å². The van der Waals surface area contributed by atoms with Crippen LogP contribution in [0.2, 0.25) is 0 Å². The summed E-state index contributed by atoms with van der Waals surface area (Å²) in [4.78, 5) is 6.46. The Labute approximate surface area is 160 Å². The van der Waals surface area contributed by atoms with Crippen LogP contribution in [0, 0.1) is 29.9 Å². The maximum absolute atomic E-state index is 13.8. The zero-order valence-electron chi connectivity index (χ0n) is 15.0. The van der Waals surface area contributed by atoms with Crippen LogP contribution in [0.15, 0.2) is 36.5 Å². The first kappa shape index (κ1) is 17.8. The fraction of sp³-hybridized carbons (Fsp3) is 0.200. The molecule has 0 unspecified atom stereocenters. The molecule has 1 aromatic carbocycles. The molecule has 0 fully saturated rings. The largest absolute Gasteiger partial charge is 0.453 e. The van der Waals surface area contributed by atoms with Crippen molar-refractivity contribution in [3.05, 3.63) is 70.7 Å². The second-order valence-corrected chi connectivity index (χ2v) is 6.47. The molecule has 0 spiro atoms. The van der Waals surface area contributed by atoms with Crippen molar-refractivity contribution in [1.29, 1.82) is 5.26 Å². The average molecular weight is 379 g/mol. The van der Waals surface area contributed by atoms with Crippen molar-refractivity contribution in [2.75, 3.05) is 11.4 Å². The van der Waals surface area contributed by atoms with Gasteiger partial charge in [-0.3, -0.25) is 4.98 Å². The van der Waals surface area contributed by atoms with Crippen LogP contribution in [0.1, 0.15) is 22.5 Å². The molecular weight excluding hydrogens is 364 g/mol. The number of ether oxygens (including phenoxy) is 1. The summed E-state index contributed by atoms with van der Waals surface area (Å²) < 4.78 is 32.4. The molecule has 0 bridgehead atoms. The molecule has 0 saturated carbocycles. The summed E-state index contributed by atoms with van der Waals surface area (Å²) in [7, 11) is 0. The van der Waals surface area contributed by atoms with Gasteiger partial charge in [0.05, 0.1) is 6.20 Å². The van der Waals surface area contributed by atoms with Gasteiger partial charge >= 0.3 is 0 Å². The quantitative estimate of drug-likeness (QED) is 0.691. The predicted octanol–water partition coefficient (Wildman–Crippen LogP) is 3.68. The Kier molecular flexibility index (Phi) is 4.57. The van der Waals surface area contributed by atoms with Crippen LogP contribution in [-0.4, -0.2) is 21.7 Å². The van der Waals surface area contributed by atoms with Gasteiger partial charge in [0.25, 0.3) is 0 Å². The summed E-state index contributed by atoms with van der Waals surface area (Å²) in [5.41, 5.74) is 3.00. The number of aryl methyl sites for hydroxylation is 1. The van der Waals surface area contributed by atoms with E-state index >= 15 is 0 Å². The fourth-order valence-corrected chi connectivity index (χ4v) is 3.17.